The van der Waals surface area contributed by atoms with E-state index in [-0.39, 0.29) is 6.29 Å². The summed E-state index contributed by atoms with van der Waals surface area (Å²) in [5, 5.41) is 5.24. The third kappa shape index (κ3) is 1.62. The molecule has 0 aliphatic carbocycles. The van der Waals surface area contributed by atoms with Crippen LogP contribution in [0, 0.1) is 0 Å². The highest BCUT2D eigenvalue weighted by molar-refractivity contribution is 7.80. The molecule has 5 heteroatoms. The minimum Gasteiger partial charge on any atom is -0.332 e. The Morgan fingerprint density at radius 3 is 2.54 bits per heavy atom. The molecule has 1 heterocycles. The van der Waals surface area contributed by atoms with Gasteiger partial charge in [0, 0.05) is 0 Å². The SMILES string of the molecule is NC1NC(=S)N(c2ccccc2)N1. The fourth-order valence-corrected chi connectivity index (χ4v) is 1.48. The van der Waals surface area contributed by atoms with Crippen LogP contribution in [0.3, 0.4) is 0 Å². The minimum absolute atomic E-state index is 0.298. The van der Waals surface area contributed by atoms with E-state index in [0.717, 1.165) is 5.69 Å². The largest absolute Gasteiger partial charge is 0.332 e. The molecule has 68 valence electrons. The second-order valence-corrected chi connectivity index (χ2v) is 3.11. The number of anilines is 1. The molecule has 0 bridgehead atoms. The molecule has 1 unspecified atom stereocenters. The molecule has 1 atom stereocenters. The van der Waals surface area contributed by atoms with Crippen LogP contribution in [-0.4, -0.2) is 11.4 Å². The van der Waals surface area contributed by atoms with Gasteiger partial charge in [0.15, 0.2) is 5.11 Å². The number of hydrogen-bond acceptors (Lipinski definition) is 3. The predicted octanol–water partition coefficient (Wildman–Crippen LogP) is 0.128. The van der Waals surface area contributed by atoms with Crippen molar-refractivity contribution in [2.75, 3.05) is 5.01 Å². The molecule has 0 radical (unpaired) electrons. The Balaban J connectivity index is 2.23. The molecule has 0 spiro atoms. The van der Waals surface area contributed by atoms with Gasteiger partial charge in [-0.3, -0.25) is 5.73 Å². The first-order valence-corrected chi connectivity index (χ1v) is 4.35. The van der Waals surface area contributed by atoms with Gasteiger partial charge in [-0.15, -0.1) is 0 Å². The van der Waals surface area contributed by atoms with E-state index in [4.69, 9.17) is 18.0 Å². The van der Waals surface area contributed by atoms with E-state index in [0.29, 0.717) is 5.11 Å². The van der Waals surface area contributed by atoms with Crippen LogP contribution < -0.4 is 21.5 Å². The second kappa shape index (κ2) is 3.29. The van der Waals surface area contributed by atoms with Crippen LogP contribution in [0.15, 0.2) is 30.3 Å². The van der Waals surface area contributed by atoms with E-state index in [1.54, 1.807) is 5.01 Å². The lowest BCUT2D eigenvalue weighted by Crippen LogP contribution is -2.43. The first-order valence-electron chi connectivity index (χ1n) is 3.95. The Bertz CT molecular complexity index is 313. The maximum Gasteiger partial charge on any atom is 0.190 e. The van der Waals surface area contributed by atoms with Gasteiger partial charge in [-0.2, -0.15) is 5.43 Å². The maximum atomic E-state index is 5.60. The van der Waals surface area contributed by atoms with E-state index in [9.17, 15) is 0 Å². The molecule has 1 fully saturated rings. The Labute approximate surface area is 81.7 Å². The molecule has 1 aliphatic heterocycles. The zero-order chi connectivity index (χ0) is 9.26. The Kier molecular flexibility index (Phi) is 2.13. The average Bonchev–Trinajstić information content (AvgIpc) is 2.47. The van der Waals surface area contributed by atoms with Crippen LogP contribution in [0.4, 0.5) is 5.69 Å². The van der Waals surface area contributed by atoms with Crippen molar-refractivity contribution in [1.82, 2.24) is 10.7 Å². The van der Waals surface area contributed by atoms with Gasteiger partial charge in [0.1, 0.15) is 6.29 Å². The summed E-state index contributed by atoms with van der Waals surface area (Å²) >= 11 is 5.07. The highest BCUT2D eigenvalue weighted by Gasteiger charge is 2.22. The number of nitrogens with two attached hydrogens (primary N) is 1. The quantitative estimate of drug-likeness (QED) is 0.555. The van der Waals surface area contributed by atoms with Gasteiger partial charge >= 0.3 is 0 Å². The molecule has 1 aromatic carbocycles. The summed E-state index contributed by atoms with van der Waals surface area (Å²) in [5.74, 6) is 0. The lowest BCUT2D eigenvalue weighted by atomic mass is 10.3. The number of para-hydroxylation sites is 1. The van der Waals surface area contributed by atoms with Gasteiger partial charge in [0.2, 0.25) is 0 Å². The smallest absolute Gasteiger partial charge is 0.190 e. The molecule has 0 aromatic heterocycles. The highest BCUT2D eigenvalue weighted by atomic mass is 32.1. The first kappa shape index (κ1) is 8.43. The lowest BCUT2D eigenvalue weighted by molar-refractivity contribution is 0.576. The molecular formula is C8H10N4S. The number of hydrazine groups is 1. The fraction of sp³-hybridized carbons (Fsp3) is 0.125. The van der Waals surface area contributed by atoms with E-state index < -0.39 is 0 Å². The summed E-state index contributed by atoms with van der Waals surface area (Å²) in [6.07, 6.45) is -0.298. The third-order valence-corrected chi connectivity index (χ3v) is 2.07. The van der Waals surface area contributed by atoms with E-state index in [2.05, 4.69) is 10.7 Å². The summed E-state index contributed by atoms with van der Waals surface area (Å²) in [7, 11) is 0. The monoisotopic (exact) mass is 194 g/mol. The molecule has 1 saturated heterocycles. The lowest BCUT2D eigenvalue weighted by Gasteiger charge is -2.15. The van der Waals surface area contributed by atoms with Crippen molar-refractivity contribution < 1.29 is 0 Å². The van der Waals surface area contributed by atoms with E-state index >= 15 is 0 Å². The summed E-state index contributed by atoms with van der Waals surface area (Å²) in [6.45, 7) is 0. The summed E-state index contributed by atoms with van der Waals surface area (Å²) < 4.78 is 0. The number of hydrogen-bond donors (Lipinski definition) is 3. The second-order valence-electron chi connectivity index (χ2n) is 2.73. The highest BCUT2D eigenvalue weighted by Crippen LogP contribution is 2.13. The summed E-state index contributed by atoms with van der Waals surface area (Å²) in [6, 6.07) is 9.76. The molecule has 1 aliphatic rings. The van der Waals surface area contributed by atoms with Gasteiger partial charge in [-0.05, 0) is 24.4 Å². The Hall–Kier alpha value is -1.17. The van der Waals surface area contributed by atoms with Gasteiger partial charge in [0.25, 0.3) is 0 Å². The molecule has 2 rings (SSSR count). The maximum absolute atomic E-state index is 5.60. The molecule has 1 aromatic rings. The van der Waals surface area contributed by atoms with Gasteiger partial charge < -0.3 is 5.32 Å². The number of nitrogens with one attached hydrogen (secondary N) is 2. The fourth-order valence-electron chi connectivity index (χ4n) is 1.20. The number of benzene rings is 1. The van der Waals surface area contributed by atoms with E-state index in [1.807, 2.05) is 30.3 Å². The van der Waals surface area contributed by atoms with Crippen LogP contribution in [0.2, 0.25) is 0 Å². The molecule has 4 nitrogen and oxygen atoms in total. The van der Waals surface area contributed by atoms with Crippen LogP contribution in [0.5, 0.6) is 0 Å². The predicted molar refractivity (Wildman–Crippen MR) is 55.8 cm³/mol. The van der Waals surface area contributed by atoms with Gasteiger partial charge in [0.05, 0.1) is 5.69 Å². The molecule has 0 saturated carbocycles. The molecular weight excluding hydrogens is 184 g/mol. The van der Waals surface area contributed by atoms with Crippen molar-refractivity contribution in [1.29, 1.82) is 0 Å². The number of nitrogens with zero attached hydrogens (tertiary/aromatic N) is 1. The zero-order valence-corrected chi connectivity index (χ0v) is 7.71. The van der Waals surface area contributed by atoms with Gasteiger partial charge in [-0.25, -0.2) is 5.01 Å². The minimum atomic E-state index is -0.298. The normalized spacial score (nSPS) is 21.8. The van der Waals surface area contributed by atoms with Crippen molar-refractivity contribution in [3.63, 3.8) is 0 Å². The van der Waals surface area contributed by atoms with Crippen LogP contribution in [0.1, 0.15) is 0 Å². The number of thiocarbonyl (C=S) groups is 1. The zero-order valence-electron chi connectivity index (χ0n) is 6.90. The van der Waals surface area contributed by atoms with Crippen LogP contribution in [-0.2, 0) is 0 Å². The third-order valence-electron chi connectivity index (χ3n) is 1.76. The van der Waals surface area contributed by atoms with Gasteiger partial charge in [-0.1, -0.05) is 18.2 Å². The Morgan fingerprint density at radius 1 is 1.31 bits per heavy atom. The van der Waals surface area contributed by atoms with Crippen LogP contribution >= 0.6 is 12.2 Å². The standard InChI is InChI=1S/C8H10N4S/c9-7-10-8(13)12(11-7)6-4-2-1-3-5-6/h1-5,7,11H,9H2,(H,10,13). The first-order chi connectivity index (χ1) is 6.27. The number of rotatable bonds is 1. The molecule has 0 amide bonds. The van der Waals surface area contributed by atoms with Crippen molar-refractivity contribution in [2.24, 2.45) is 5.73 Å². The Morgan fingerprint density at radius 2 is 2.00 bits per heavy atom. The van der Waals surface area contributed by atoms with Crippen molar-refractivity contribution in [2.45, 2.75) is 6.29 Å². The van der Waals surface area contributed by atoms with E-state index in [1.165, 1.54) is 0 Å². The molecule has 13 heavy (non-hydrogen) atoms. The molecule has 4 N–H and O–H groups in total. The average molecular weight is 194 g/mol. The van der Waals surface area contributed by atoms with Crippen molar-refractivity contribution in [3.05, 3.63) is 30.3 Å². The van der Waals surface area contributed by atoms with Crippen molar-refractivity contribution >= 4 is 23.0 Å². The van der Waals surface area contributed by atoms with Crippen LogP contribution in [0.25, 0.3) is 0 Å². The summed E-state index contributed by atoms with van der Waals surface area (Å²) in [5.41, 5.74) is 9.56. The van der Waals surface area contributed by atoms with Crippen molar-refractivity contribution in [3.8, 4) is 0 Å². The topological polar surface area (TPSA) is 53.3 Å². The summed E-state index contributed by atoms with van der Waals surface area (Å²) in [4.78, 5) is 0.